The first-order valence-corrected chi connectivity index (χ1v) is 5.91. The lowest BCUT2D eigenvalue weighted by atomic mass is 10.1. The number of hydrogen-bond acceptors (Lipinski definition) is 2. The Morgan fingerprint density at radius 3 is 2.35 bits per heavy atom. The van der Waals surface area contributed by atoms with Crippen LogP contribution in [0.3, 0.4) is 0 Å². The van der Waals surface area contributed by atoms with E-state index in [9.17, 15) is 13.6 Å². The molecule has 0 aliphatic rings. The van der Waals surface area contributed by atoms with Gasteiger partial charge in [-0.15, -0.1) is 0 Å². The minimum atomic E-state index is -1.03. The normalized spacial score (nSPS) is 10.8. The van der Waals surface area contributed by atoms with Gasteiger partial charge in [-0.3, -0.25) is 4.79 Å². The highest BCUT2D eigenvalue weighted by molar-refractivity contribution is 6.06. The first-order valence-electron chi connectivity index (χ1n) is 5.91. The molecule has 0 N–H and O–H groups in total. The topological polar surface area (TPSA) is 26.3 Å². The zero-order chi connectivity index (χ0) is 14.5. The summed E-state index contributed by atoms with van der Waals surface area (Å²) in [4.78, 5) is 11.8. The van der Waals surface area contributed by atoms with Crippen LogP contribution < -0.4 is 4.74 Å². The van der Waals surface area contributed by atoms with Gasteiger partial charge in [0.15, 0.2) is 17.4 Å². The number of allylic oxidation sites excluding steroid dienone is 1. The molecule has 2 aromatic carbocycles. The summed E-state index contributed by atoms with van der Waals surface area (Å²) in [6.07, 6.45) is 2.91. The third-order valence-electron chi connectivity index (χ3n) is 2.75. The van der Waals surface area contributed by atoms with E-state index in [1.54, 1.807) is 37.5 Å². The highest BCUT2D eigenvalue weighted by atomic mass is 19.2. The standard InChI is InChI=1S/C16H12F2O2/c1-20-13-6-2-11(3-7-13)4-9-16(19)12-5-8-14(17)15(18)10-12/h2-10H,1H3. The first kappa shape index (κ1) is 13.9. The Morgan fingerprint density at radius 2 is 1.75 bits per heavy atom. The lowest BCUT2D eigenvalue weighted by Gasteiger charge is -1.99. The fourth-order valence-corrected chi connectivity index (χ4v) is 1.63. The van der Waals surface area contributed by atoms with Crippen molar-refractivity contribution in [2.75, 3.05) is 7.11 Å². The summed E-state index contributed by atoms with van der Waals surface area (Å²) >= 11 is 0. The van der Waals surface area contributed by atoms with Crippen molar-refractivity contribution in [3.8, 4) is 5.75 Å². The fraction of sp³-hybridized carbons (Fsp3) is 0.0625. The number of benzene rings is 2. The second-order valence-corrected chi connectivity index (χ2v) is 4.10. The molecule has 0 bridgehead atoms. The fourth-order valence-electron chi connectivity index (χ4n) is 1.63. The molecular weight excluding hydrogens is 262 g/mol. The summed E-state index contributed by atoms with van der Waals surface area (Å²) in [7, 11) is 1.57. The summed E-state index contributed by atoms with van der Waals surface area (Å²) in [6.45, 7) is 0. The molecule has 2 rings (SSSR count). The average molecular weight is 274 g/mol. The quantitative estimate of drug-likeness (QED) is 0.625. The van der Waals surface area contributed by atoms with Gasteiger partial charge in [-0.2, -0.15) is 0 Å². The molecule has 0 heterocycles. The predicted molar refractivity (Wildman–Crippen MR) is 72.7 cm³/mol. The Hall–Kier alpha value is -2.49. The Labute approximate surface area is 115 Å². The molecule has 0 radical (unpaired) electrons. The Bertz CT molecular complexity index is 646. The molecule has 0 aliphatic heterocycles. The van der Waals surface area contributed by atoms with E-state index in [1.165, 1.54) is 12.1 Å². The van der Waals surface area contributed by atoms with Gasteiger partial charge < -0.3 is 4.74 Å². The van der Waals surface area contributed by atoms with E-state index in [2.05, 4.69) is 0 Å². The van der Waals surface area contributed by atoms with Crippen LogP contribution in [0.2, 0.25) is 0 Å². The van der Waals surface area contributed by atoms with Crippen LogP contribution in [0.1, 0.15) is 15.9 Å². The molecule has 0 atom stereocenters. The zero-order valence-electron chi connectivity index (χ0n) is 10.8. The van der Waals surface area contributed by atoms with Gasteiger partial charge in [0.05, 0.1) is 7.11 Å². The van der Waals surface area contributed by atoms with Crippen LogP contribution in [0.4, 0.5) is 8.78 Å². The van der Waals surface area contributed by atoms with Gasteiger partial charge in [-0.1, -0.05) is 18.2 Å². The van der Waals surface area contributed by atoms with Crippen LogP contribution in [-0.4, -0.2) is 12.9 Å². The van der Waals surface area contributed by atoms with E-state index in [1.807, 2.05) is 0 Å². The summed E-state index contributed by atoms with van der Waals surface area (Å²) in [6, 6.07) is 10.2. The Morgan fingerprint density at radius 1 is 1.05 bits per heavy atom. The lowest BCUT2D eigenvalue weighted by molar-refractivity contribution is 0.104. The monoisotopic (exact) mass is 274 g/mol. The number of hydrogen-bond donors (Lipinski definition) is 0. The van der Waals surface area contributed by atoms with Crippen molar-refractivity contribution in [3.63, 3.8) is 0 Å². The van der Waals surface area contributed by atoms with E-state index >= 15 is 0 Å². The summed E-state index contributed by atoms with van der Waals surface area (Å²) in [5.74, 6) is -1.68. The van der Waals surface area contributed by atoms with Crippen molar-refractivity contribution >= 4 is 11.9 Å². The molecule has 0 unspecified atom stereocenters. The van der Waals surface area contributed by atoms with Crippen molar-refractivity contribution < 1.29 is 18.3 Å². The molecule has 0 aliphatic carbocycles. The van der Waals surface area contributed by atoms with Crippen LogP contribution in [0, 0.1) is 11.6 Å². The van der Waals surface area contributed by atoms with Gasteiger partial charge in [-0.05, 0) is 42.0 Å². The summed E-state index contributed by atoms with van der Waals surface area (Å²) < 4.78 is 30.8. The number of methoxy groups -OCH3 is 1. The van der Waals surface area contributed by atoms with Crippen LogP contribution in [0.25, 0.3) is 6.08 Å². The Kier molecular flexibility index (Phi) is 4.25. The molecule has 102 valence electrons. The highest BCUT2D eigenvalue weighted by Crippen LogP contribution is 2.14. The van der Waals surface area contributed by atoms with E-state index < -0.39 is 11.6 Å². The summed E-state index contributed by atoms with van der Waals surface area (Å²) in [5.41, 5.74) is 0.912. The van der Waals surface area contributed by atoms with Gasteiger partial charge >= 0.3 is 0 Å². The maximum atomic E-state index is 13.0. The largest absolute Gasteiger partial charge is 0.497 e. The molecule has 0 saturated carbocycles. The van der Waals surface area contributed by atoms with Crippen LogP contribution in [0.15, 0.2) is 48.5 Å². The van der Waals surface area contributed by atoms with E-state index in [4.69, 9.17) is 4.74 Å². The third kappa shape index (κ3) is 3.29. The lowest BCUT2D eigenvalue weighted by Crippen LogP contribution is -1.96. The summed E-state index contributed by atoms with van der Waals surface area (Å²) in [5, 5.41) is 0. The molecule has 2 nitrogen and oxygen atoms in total. The van der Waals surface area contributed by atoms with Gasteiger partial charge in [0.2, 0.25) is 0 Å². The zero-order valence-corrected chi connectivity index (χ0v) is 10.8. The number of ether oxygens (including phenoxy) is 1. The minimum absolute atomic E-state index is 0.105. The van der Waals surface area contributed by atoms with Gasteiger partial charge in [0.1, 0.15) is 5.75 Å². The number of rotatable bonds is 4. The molecule has 2 aromatic rings. The second kappa shape index (κ2) is 6.10. The Balaban J connectivity index is 2.13. The number of carbonyl (C=O) groups excluding carboxylic acids is 1. The van der Waals surface area contributed by atoms with Crippen LogP contribution in [-0.2, 0) is 0 Å². The van der Waals surface area contributed by atoms with Crippen LogP contribution >= 0.6 is 0 Å². The first-order chi connectivity index (χ1) is 9.60. The molecule has 0 spiro atoms. The molecule has 0 aromatic heterocycles. The van der Waals surface area contributed by atoms with Gasteiger partial charge in [0.25, 0.3) is 0 Å². The molecular formula is C16H12F2O2. The number of ketones is 1. The van der Waals surface area contributed by atoms with Crippen molar-refractivity contribution in [2.45, 2.75) is 0 Å². The average Bonchev–Trinajstić information content (AvgIpc) is 2.48. The van der Waals surface area contributed by atoms with E-state index in [-0.39, 0.29) is 11.3 Å². The molecule has 4 heteroatoms. The molecule has 0 amide bonds. The number of halogens is 2. The minimum Gasteiger partial charge on any atom is -0.497 e. The van der Waals surface area contributed by atoms with Crippen molar-refractivity contribution in [1.82, 2.24) is 0 Å². The van der Waals surface area contributed by atoms with Crippen molar-refractivity contribution in [2.24, 2.45) is 0 Å². The van der Waals surface area contributed by atoms with Gasteiger partial charge in [0, 0.05) is 5.56 Å². The van der Waals surface area contributed by atoms with Crippen molar-refractivity contribution in [1.29, 1.82) is 0 Å². The second-order valence-electron chi connectivity index (χ2n) is 4.10. The smallest absolute Gasteiger partial charge is 0.185 e. The predicted octanol–water partition coefficient (Wildman–Crippen LogP) is 3.87. The SMILES string of the molecule is COc1ccc(C=CC(=O)c2ccc(F)c(F)c2)cc1. The van der Waals surface area contributed by atoms with Gasteiger partial charge in [-0.25, -0.2) is 8.78 Å². The molecule has 0 saturated heterocycles. The third-order valence-corrected chi connectivity index (χ3v) is 2.75. The maximum absolute atomic E-state index is 13.0. The van der Waals surface area contributed by atoms with Crippen LogP contribution in [0.5, 0.6) is 5.75 Å². The van der Waals surface area contributed by atoms with E-state index in [0.717, 1.165) is 17.7 Å². The van der Waals surface area contributed by atoms with Crippen molar-refractivity contribution in [3.05, 3.63) is 71.3 Å². The van der Waals surface area contributed by atoms with E-state index in [0.29, 0.717) is 5.75 Å². The number of carbonyl (C=O) groups is 1. The maximum Gasteiger partial charge on any atom is 0.185 e. The molecule has 0 fully saturated rings. The highest BCUT2D eigenvalue weighted by Gasteiger charge is 2.06. The molecule has 20 heavy (non-hydrogen) atoms.